The van der Waals surface area contributed by atoms with Gasteiger partial charge in [0.25, 0.3) is 0 Å². The van der Waals surface area contributed by atoms with E-state index >= 15 is 0 Å². The van der Waals surface area contributed by atoms with Crippen molar-refractivity contribution in [3.8, 4) is 11.5 Å². The van der Waals surface area contributed by atoms with Gasteiger partial charge in [-0.25, -0.2) is 0 Å². The standard InChI is InChI=1S/C19H28O4/c1-3-4-5-6-7-8-9-16(20)17(21)12-10-15-11-13-18(22)19(14-15)23-2/h10-14,16,20,22H,3-9H2,1-2H3/b12-10+. The summed E-state index contributed by atoms with van der Waals surface area (Å²) in [6.45, 7) is 2.18. The zero-order valence-corrected chi connectivity index (χ0v) is 14.1. The minimum absolute atomic E-state index is 0.0547. The molecule has 4 heteroatoms. The summed E-state index contributed by atoms with van der Waals surface area (Å²) in [4.78, 5) is 11.9. The number of phenols is 1. The lowest BCUT2D eigenvalue weighted by molar-refractivity contribution is -0.122. The lowest BCUT2D eigenvalue weighted by Gasteiger charge is -2.07. The van der Waals surface area contributed by atoms with Crippen molar-refractivity contribution >= 4 is 11.9 Å². The Morgan fingerprint density at radius 3 is 2.61 bits per heavy atom. The molecule has 1 aromatic rings. The molecule has 1 aromatic carbocycles. The number of phenolic OH excluding ortho intramolecular Hbond substituents is 1. The number of benzene rings is 1. The Kier molecular flexibility index (Phi) is 9.07. The molecule has 1 unspecified atom stereocenters. The van der Waals surface area contributed by atoms with Crippen molar-refractivity contribution in [1.82, 2.24) is 0 Å². The second-order valence-electron chi connectivity index (χ2n) is 5.74. The summed E-state index contributed by atoms with van der Waals surface area (Å²) < 4.78 is 5.02. The minimum atomic E-state index is -0.934. The highest BCUT2D eigenvalue weighted by Crippen LogP contribution is 2.26. The van der Waals surface area contributed by atoms with Gasteiger partial charge in [-0.05, 0) is 30.2 Å². The van der Waals surface area contributed by atoms with E-state index in [-0.39, 0.29) is 11.5 Å². The van der Waals surface area contributed by atoms with E-state index < -0.39 is 6.10 Å². The summed E-state index contributed by atoms with van der Waals surface area (Å²) >= 11 is 0. The molecule has 0 heterocycles. The SMILES string of the molecule is CCCCCCCCC(O)C(=O)/C=C/c1ccc(O)c(OC)c1. The summed E-state index contributed by atoms with van der Waals surface area (Å²) in [6.07, 6.45) is 9.36. The van der Waals surface area contributed by atoms with E-state index in [2.05, 4.69) is 6.92 Å². The van der Waals surface area contributed by atoms with Gasteiger partial charge in [0.2, 0.25) is 0 Å². The lowest BCUT2D eigenvalue weighted by Crippen LogP contribution is -2.17. The van der Waals surface area contributed by atoms with E-state index in [4.69, 9.17) is 4.74 Å². The van der Waals surface area contributed by atoms with E-state index in [1.165, 1.54) is 38.5 Å². The first-order valence-corrected chi connectivity index (χ1v) is 8.35. The Hall–Kier alpha value is -1.81. The molecule has 0 aliphatic carbocycles. The van der Waals surface area contributed by atoms with Crippen molar-refractivity contribution in [2.75, 3.05) is 7.11 Å². The van der Waals surface area contributed by atoms with E-state index in [0.717, 1.165) is 24.8 Å². The van der Waals surface area contributed by atoms with E-state index in [9.17, 15) is 15.0 Å². The van der Waals surface area contributed by atoms with Gasteiger partial charge in [0, 0.05) is 0 Å². The summed E-state index contributed by atoms with van der Waals surface area (Å²) in [5.41, 5.74) is 0.736. The molecule has 23 heavy (non-hydrogen) atoms. The molecule has 1 rings (SSSR count). The number of aliphatic hydroxyl groups excluding tert-OH is 1. The Labute approximate surface area is 138 Å². The number of methoxy groups -OCH3 is 1. The van der Waals surface area contributed by atoms with Gasteiger partial charge in [-0.15, -0.1) is 0 Å². The number of ether oxygens (including phenoxy) is 1. The fourth-order valence-corrected chi connectivity index (χ4v) is 2.35. The topological polar surface area (TPSA) is 66.8 Å². The largest absolute Gasteiger partial charge is 0.504 e. The number of aromatic hydroxyl groups is 1. The predicted molar refractivity (Wildman–Crippen MR) is 92.7 cm³/mol. The maximum atomic E-state index is 11.9. The fraction of sp³-hybridized carbons (Fsp3) is 0.526. The molecule has 0 saturated carbocycles. The van der Waals surface area contributed by atoms with Crippen molar-refractivity contribution in [2.45, 2.75) is 58.0 Å². The first-order valence-electron chi connectivity index (χ1n) is 8.35. The molecule has 128 valence electrons. The first kappa shape index (κ1) is 19.2. The van der Waals surface area contributed by atoms with Gasteiger partial charge < -0.3 is 14.9 Å². The summed E-state index contributed by atoms with van der Waals surface area (Å²) in [5, 5.41) is 19.4. The van der Waals surface area contributed by atoms with E-state index in [1.807, 2.05) is 0 Å². The van der Waals surface area contributed by atoms with Gasteiger partial charge in [-0.2, -0.15) is 0 Å². The average Bonchev–Trinajstić information content (AvgIpc) is 2.56. The molecule has 0 amide bonds. The molecule has 0 bridgehead atoms. The highest BCUT2D eigenvalue weighted by Gasteiger charge is 2.11. The Morgan fingerprint density at radius 2 is 1.91 bits per heavy atom. The molecule has 4 nitrogen and oxygen atoms in total. The van der Waals surface area contributed by atoms with Crippen LogP contribution in [0.2, 0.25) is 0 Å². The van der Waals surface area contributed by atoms with Crippen molar-refractivity contribution < 1.29 is 19.7 Å². The summed E-state index contributed by atoms with van der Waals surface area (Å²) in [7, 11) is 1.47. The number of unbranched alkanes of at least 4 members (excludes halogenated alkanes) is 5. The second-order valence-corrected chi connectivity index (χ2v) is 5.74. The van der Waals surface area contributed by atoms with Gasteiger partial charge >= 0.3 is 0 Å². The normalized spacial score (nSPS) is 12.5. The molecule has 0 aromatic heterocycles. The number of hydrogen-bond donors (Lipinski definition) is 2. The summed E-state index contributed by atoms with van der Waals surface area (Å²) in [6, 6.07) is 4.83. The van der Waals surface area contributed by atoms with Crippen LogP contribution in [0.25, 0.3) is 6.08 Å². The van der Waals surface area contributed by atoms with E-state index in [1.54, 1.807) is 18.2 Å². The van der Waals surface area contributed by atoms with Crippen LogP contribution in [-0.4, -0.2) is 29.2 Å². The van der Waals surface area contributed by atoms with Crippen LogP contribution < -0.4 is 4.74 Å². The third-order valence-electron chi connectivity index (χ3n) is 3.80. The highest BCUT2D eigenvalue weighted by molar-refractivity contribution is 5.96. The molecule has 0 radical (unpaired) electrons. The van der Waals surface area contributed by atoms with Crippen LogP contribution in [0.5, 0.6) is 11.5 Å². The number of rotatable bonds is 11. The lowest BCUT2D eigenvalue weighted by atomic mass is 10.0. The number of carbonyl (C=O) groups excluding carboxylic acids is 1. The zero-order chi connectivity index (χ0) is 17.1. The van der Waals surface area contributed by atoms with Crippen LogP contribution in [-0.2, 0) is 4.79 Å². The highest BCUT2D eigenvalue weighted by atomic mass is 16.5. The molecule has 2 N–H and O–H groups in total. The number of ketones is 1. The van der Waals surface area contributed by atoms with Gasteiger partial charge in [0.05, 0.1) is 7.11 Å². The monoisotopic (exact) mass is 320 g/mol. The maximum Gasteiger partial charge on any atom is 0.184 e. The van der Waals surface area contributed by atoms with Crippen LogP contribution in [0.15, 0.2) is 24.3 Å². The molecular formula is C19H28O4. The van der Waals surface area contributed by atoms with Crippen LogP contribution in [0.4, 0.5) is 0 Å². The third-order valence-corrected chi connectivity index (χ3v) is 3.80. The summed E-state index contributed by atoms with van der Waals surface area (Å²) in [5.74, 6) is 0.122. The van der Waals surface area contributed by atoms with Gasteiger partial charge in [-0.1, -0.05) is 57.6 Å². The van der Waals surface area contributed by atoms with Crippen molar-refractivity contribution in [1.29, 1.82) is 0 Å². The van der Waals surface area contributed by atoms with Crippen LogP contribution >= 0.6 is 0 Å². The Morgan fingerprint density at radius 1 is 1.22 bits per heavy atom. The predicted octanol–water partition coefficient (Wildman–Crippen LogP) is 4.09. The van der Waals surface area contributed by atoms with Gasteiger partial charge in [-0.3, -0.25) is 4.79 Å². The molecule has 0 aliphatic heterocycles. The minimum Gasteiger partial charge on any atom is -0.504 e. The van der Waals surface area contributed by atoms with Crippen molar-refractivity contribution in [2.24, 2.45) is 0 Å². The molecular weight excluding hydrogens is 292 g/mol. The first-order chi connectivity index (χ1) is 11.1. The molecule has 0 fully saturated rings. The van der Waals surface area contributed by atoms with Crippen LogP contribution in [0.3, 0.4) is 0 Å². The van der Waals surface area contributed by atoms with Crippen LogP contribution in [0, 0.1) is 0 Å². The van der Waals surface area contributed by atoms with Gasteiger partial charge in [0.15, 0.2) is 17.3 Å². The Bertz CT molecular complexity index is 508. The zero-order valence-electron chi connectivity index (χ0n) is 14.1. The average molecular weight is 320 g/mol. The smallest absolute Gasteiger partial charge is 0.184 e. The van der Waals surface area contributed by atoms with Crippen molar-refractivity contribution in [3.63, 3.8) is 0 Å². The molecule has 0 spiro atoms. The maximum absolute atomic E-state index is 11.9. The molecule has 0 saturated heterocycles. The van der Waals surface area contributed by atoms with Crippen LogP contribution in [0.1, 0.15) is 57.4 Å². The second kappa shape index (κ2) is 10.8. The number of carbonyl (C=O) groups is 1. The number of hydrogen-bond acceptors (Lipinski definition) is 4. The molecule has 1 atom stereocenters. The Balaban J connectivity index is 2.39. The quantitative estimate of drug-likeness (QED) is 0.476. The number of aliphatic hydroxyl groups is 1. The van der Waals surface area contributed by atoms with Gasteiger partial charge in [0.1, 0.15) is 6.10 Å². The third kappa shape index (κ3) is 7.33. The fourth-order valence-electron chi connectivity index (χ4n) is 2.35. The molecule has 0 aliphatic rings. The van der Waals surface area contributed by atoms with E-state index in [0.29, 0.717) is 12.2 Å². The van der Waals surface area contributed by atoms with Crippen molar-refractivity contribution in [3.05, 3.63) is 29.8 Å².